The van der Waals surface area contributed by atoms with Crippen molar-refractivity contribution in [3.63, 3.8) is 0 Å². The number of pyridine rings is 1. The number of amides is 1. The molecule has 0 aromatic carbocycles. The molecule has 1 aliphatic carbocycles. The van der Waals surface area contributed by atoms with E-state index < -0.39 is 0 Å². The summed E-state index contributed by atoms with van der Waals surface area (Å²) in [6.07, 6.45) is 6.86. The van der Waals surface area contributed by atoms with Gasteiger partial charge in [0.05, 0.1) is 6.42 Å². The van der Waals surface area contributed by atoms with E-state index in [-0.39, 0.29) is 12.3 Å². The molecule has 0 bridgehead atoms. The quantitative estimate of drug-likeness (QED) is 0.917. The Labute approximate surface area is 121 Å². The van der Waals surface area contributed by atoms with E-state index in [1.807, 2.05) is 18.2 Å². The van der Waals surface area contributed by atoms with Crippen LogP contribution in [0.5, 0.6) is 0 Å². The lowest BCUT2D eigenvalue weighted by Gasteiger charge is -2.23. The van der Waals surface area contributed by atoms with Gasteiger partial charge in [-0.05, 0) is 18.1 Å². The van der Waals surface area contributed by atoms with E-state index >= 15 is 0 Å². The van der Waals surface area contributed by atoms with Crippen LogP contribution in [0.2, 0.25) is 0 Å². The summed E-state index contributed by atoms with van der Waals surface area (Å²) in [4.78, 5) is 16.0. The summed E-state index contributed by atoms with van der Waals surface area (Å²) in [7, 11) is 0. The molecule has 0 spiro atoms. The number of hydrogen-bond donors (Lipinski definition) is 1. The third kappa shape index (κ3) is 3.39. The Hall–Kier alpha value is -1.82. The normalized spacial score (nSPS) is 14.8. The van der Waals surface area contributed by atoms with Crippen LogP contribution in [0, 0.1) is 5.92 Å². The molecule has 0 radical (unpaired) electrons. The molecule has 5 nitrogen and oxygen atoms in total. The summed E-state index contributed by atoms with van der Waals surface area (Å²) in [6, 6.07) is 5.54. The number of nitrogens with one attached hydrogen (secondary N) is 1. The molecule has 6 heteroatoms. The summed E-state index contributed by atoms with van der Waals surface area (Å²) in [5, 5.41) is 12.5. The molecule has 2 aromatic rings. The van der Waals surface area contributed by atoms with Crippen molar-refractivity contribution in [3.8, 4) is 0 Å². The maximum atomic E-state index is 11.9. The zero-order chi connectivity index (χ0) is 13.8. The largest absolute Gasteiger partial charge is 0.300 e. The average molecular weight is 288 g/mol. The molecule has 104 valence electrons. The van der Waals surface area contributed by atoms with Gasteiger partial charge in [-0.15, -0.1) is 10.2 Å². The van der Waals surface area contributed by atoms with Crippen molar-refractivity contribution in [2.75, 3.05) is 5.32 Å². The first-order valence-corrected chi connectivity index (χ1v) is 7.63. The van der Waals surface area contributed by atoms with Crippen LogP contribution in [0.3, 0.4) is 0 Å². The Kier molecular flexibility index (Phi) is 4.01. The van der Waals surface area contributed by atoms with E-state index in [9.17, 15) is 4.79 Å². The van der Waals surface area contributed by atoms with Gasteiger partial charge in [-0.1, -0.05) is 36.7 Å². The van der Waals surface area contributed by atoms with Gasteiger partial charge in [-0.25, -0.2) is 0 Å². The molecule has 1 N–H and O–H groups in total. The van der Waals surface area contributed by atoms with Crippen LogP contribution in [0.4, 0.5) is 5.13 Å². The highest BCUT2D eigenvalue weighted by Crippen LogP contribution is 2.31. The van der Waals surface area contributed by atoms with Crippen LogP contribution in [-0.4, -0.2) is 21.1 Å². The van der Waals surface area contributed by atoms with Gasteiger partial charge in [0, 0.05) is 18.3 Å². The first-order chi connectivity index (χ1) is 9.79. The van der Waals surface area contributed by atoms with E-state index in [0.717, 1.165) is 23.0 Å². The van der Waals surface area contributed by atoms with Crippen LogP contribution in [0.1, 0.15) is 30.0 Å². The molecule has 0 saturated heterocycles. The maximum absolute atomic E-state index is 11.9. The summed E-state index contributed by atoms with van der Waals surface area (Å²) in [6.45, 7) is 0. The lowest BCUT2D eigenvalue weighted by molar-refractivity contribution is -0.115. The van der Waals surface area contributed by atoms with E-state index in [1.165, 1.54) is 30.6 Å². The number of anilines is 1. The number of carbonyl (C=O) groups is 1. The van der Waals surface area contributed by atoms with E-state index in [1.54, 1.807) is 6.20 Å². The number of hydrogen-bond acceptors (Lipinski definition) is 5. The molecule has 2 heterocycles. The smallest absolute Gasteiger partial charge is 0.232 e. The van der Waals surface area contributed by atoms with Crippen LogP contribution >= 0.6 is 11.3 Å². The second-order valence-corrected chi connectivity index (χ2v) is 6.11. The van der Waals surface area contributed by atoms with Gasteiger partial charge in [0.2, 0.25) is 11.0 Å². The SMILES string of the molecule is O=C(Cc1ccccn1)Nc1nnc(CC2CCC2)s1. The van der Waals surface area contributed by atoms with Gasteiger partial charge in [0.25, 0.3) is 0 Å². The molecule has 3 rings (SSSR count). The minimum Gasteiger partial charge on any atom is -0.300 e. The lowest BCUT2D eigenvalue weighted by Crippen LogP contribution is -2.14. The van der Waals surface area contributed by atoms with Gasteiger partial charge in [0.1, 0.15) is 5.01 Å². The highest BCUT2D eigenvalue weighted by atomic mass is 32.1. The third-order valence-corrected chi connectivity index (χ3v) is 4.33. The Morgan fingerprint density at radius 2 is 2.25 bits per heavy atom. The minimum absolute atomic E-state index is 0.102. The van der Waals surface area contributed by atoms with Crippen molar-refractivity contribution in [3.05, 3.63) is 35.1 Å². The molecule has 20 heavy (non-hydrogen) atoms. The molecular formula is C14H16N4OS. The number of nitrogens with zero attached hydrogens (tertiary/aromatic N) is 3. The van der Waals surface area contributed by atoms with Gasteiger partial charge < -0.3 is 5.32 Å². The molecule has 1 saturated carbocycles. The molecule has 0 unspecified atom stereocenters. The predicted molar refractivity (Wildman–Crippen MR) is 77.5 cm³/mol. The molecular weight excluding hydrogens is 272 g/mol. The summed E-state index contributed by atoms with van der Waals surface area (Å²) in [5.74, 6) is 0.662. The fraction of sp³-hybridized carbons (Fsp3) is 0.429. The molecule has 0 atom stereocenters. The van der Waals surface area contributed by atoms with Crippen molar-refractivity contribution >= 4 is 22.4 Å². The van der Waals surface area contributed by atoms with E-state index in [4.69, 9.17) is 0 Å². The van der Waals surface area contributed by atoms with Crippen LogP contribution in [0.15, 0.2) is 24.4 Å². The first kappa shape index (κ1) is 13.2. The van der Waals surface area contributed by atoms with Crippen LogP contribution < -0.4 is 5.32 Å². The summed E-state index contributed by atoms with van der Waals surface area (Å²) in [5.41, 5.74) is 0.754. The van der Waals surface area contributed by atoms with Crippen LogP contribution in [-0.2, 0) is 17.6 Å². The highest BCUT2D eigenvalue weighted by Gasteiger charge is 2.20. The number of rotatable bonds is 5. The fourth-order valence-corrected chi connectivity index (χ4v) is 3.03. The topological polar surface area (TPSA) is 67.8 Å². The van der Waals surface area contributed by atoms with Gasteiger partial charge in [-0.2, -0.15) is 0 Å². The van der Waals surface area contributed by atoms with Crippen molar-refractivity contribution in [1.29, 1.82) is 0 Å². The van der Waals surface area contributed by atoms with Gasteiger partial charge in [-0.3, -0.25) is 9.78 Å². The zero-order valence-electron chi connectivity index (χ0n) is 11.1. The summed E-state index contributed by atoms with van der Waals surface area (Å²) < 4.78 is 0. The number of carbonyl (C=O) groups excluding carboxylic acids is 1. The second-order valence-electron chi connectivity index (χ2n) is 5.05. The lowest BCUT2D eigenvalue weighted by atomic mass is 9.83. The van der Waals surface area contributed by atoms with Crippen molar-refractivity contribution < 1.29 is 4.79 Å². The maximum Gasteiger partial charge on any atom is 0.232 e. The highest BCUT2D eigenvalue weighted by molar-refractivity contribution is 7.15. The zero-order valence-corrected chi connectivity index (χ0v) is 11.9. The van der Waals surface area contributed by atoms with Crippen molar-refractivity contribution in [2.45, 2.75) is 32.1 Å². The Morgan fingerprint density at radius 1 is 1.35 bits per heavy atom. The average Bonchev–Trinajstić information content (AvgIpc) is 2.82. The first-order valence-electron chi connectivity index (χ1n) is 6.82. The Bertz CT molecular complexity index is 580. The Morgan fingerprint density at radius 3 is 2.95 bits per heavy atom. The third-order valence-electron chi connectivity index (χ3n) is 3.47. The van der Waals surface area contributed by atoms with Gasteiger partial charge in [0.15, 0.2) is 0 Å². The summed E-state index contributed by atoms with van der Waals surface area (Å²) >= 11 is 1.47. The Balaban J connectivity index is 1.53. The standard InChI is InChI=1S/C14H16N4OS/c19-12(9-11-6-1-2-7-15-11)16-14-18-17-13(20-14)8-10-4-3-5-10/h1-2,6-7,10H,3-5,8-9H2,(H,16,18,19). The van der Waals surface area contributed by atoms with Crippen molar-refractivity contribution in [1.82, 2.24) is 15.2 Å². The predicted octanol–water partition coefficient (Wildman–Crippen LogP) is 2.46. The molecule has 1 fully saturated rings. The number of aromatic nitrogens is 3. The molecule has 1 amide bonds. The fourth-order valence-electron chi connectivity index (χ4n) is 2.16. The van der Waals surface area contributed by atoms with Crippen LogP contribution in [0.25, 0.3) is 0 Å². The van der Waals surface area contributed by atoms with E-state index in [2.05, 4.69) is 20.5 Å². The van der Waals surface area contributed by atoms with Crippen molar-refractivity contribution in [2.24, 2.45) is 5.92 Å². The second kappa shape index (κ2) is 6.09. The minimum atomic E-state index is -0.102. The van der Waals surface area contributed by atoms with E-state index in [0.29, 0.717) is 5.13 Å². The van der Waals surface area contributed by atoms with Gasteiger partial charge >= 0.3 is 0 Å². The molecule has 2 aromatic heterocycles. The monoisotopic (exact) mass is 288 g/mol. The molecule has 1 aliphatic rings. The molecule has 0 aliphatic heterocycles.